The lowest BCUT2D eigenvalue weighted by atomic mass is 9.86. The highest BCUT2D eigenvalue weighted by atomic mass is 15.4. The van der Waals surface area contributed by atoms with E-state index in [1.807, 2.05) is 6.20 Å². The molecule has 21 heavy (non-hydrogen) atoms. The molecule has 0 amide bonds. The lowest BCUT2D eigenvalue weighted by molar-refractivity contribution is 0.400. The number of nitrogens with zero attached hydrogens (tertiary/aromatic N) is 3. The second-order valence-corrected chi connectivity index (χ2v) is 5.89. The molecule has 1 N–H and O–H groups in total. The first-order valence-electron chi connectivity index (χ1n) is 7.99. The zero-order chi connectivity index (χ0) is 14.7. The molecule has 0 aliphatic heterocycles. The van der Waals surface area contributed by atoms with Crippen LogP contribution in [0.25, 0.3) is 0 Å². The lowest BCUT2D eigenvalue weighted by Crippen LogP contribution is -2.34. The smallest absolute Gasteiger partial charge is 0.0765 e. The summed E-state index contributed by atoms with van der Waals surface area (Å²) in [4.78, 5) is 0. The van der Waals surface area contributed by atoms with E-state index in [4.69, 9.17) is 0 Å². The van der Waals surface area contributed by atoms with Crippen LogP contribution in [0, 0.1) is 0 Å². The fourth-order valence-electron chi connectivity index (χ4n) is 3.31. The molecule has 1 atom stereocenters. The second-order valence-electron chi connectivity index (χ2n) is 5.89. The average molecular weight is 284 g/mol. The Morgan fingerprint density at radius 2 is 2.00 bits per heavy atom. The summed E-state index contributed by atoms with van der Waals surface area (Å²) in [5.74, 6) is 0. The Bertz CT molecular complexity index is 571. The van der Waals surface area contributed by atoms with Gasteiger partial charge in [-0.2, -0.15) is 0 Å². The zero-order valence-corrected chi connectivity index (χ0v) is 12.9. The largest absolute Gasteiger partial charge is 0.308 e. The number of likely N-dealkylation sites (N-methyl/N-ethyl adjacent to an activating group) is 1. The van der Waals surface area contributed by atoms with Crippen molar-refractivity contribution in [3.8, 4) is 0 Å². The van der Waals surface area contributed by atoms with Crippen LogP contribution in [0.5, 0.6) is 0 Å². The van der Waals surface area contributed by atoms with Crippen LogP contribution in [0.15, 0.2) is 36.5 Å². The molecule has 2 aromatic rings. The first kappa shape index (κ1) is 14.3. The Hall–Kier alpha value is -1.68. The number of rotatable bonds is 7. The number of nitrogens with one attached hydrogen (secondary N) is 1. The van der Waals surface area contributed by atoms with Crippen LogP contribution in [-0.4, -0.2) is 21.5 Å². The molecule has 0 radical (unpaired) electrons. The number of hydrogen-bond acceptors (Lipinski definition) is 3. The standard InChI is InChI=1S/C17H24N4/c1-3-12-21-15(13-19-20-21)16(18-4-2)17(10-11-17)14-8-6-5-7-9-14/h5-9,13,16,18H,3-4,10-12H2,1-2H3. The summed E-state index contributed by atoms with van der Waals surface area (Å²) < 4.78 is 2.07. The highest BCUT2D eigenvalue weighted by Gasteiger charge is 2.52. The van der Waals surface area contributed by atoms with Crippen LogP contribution in [-0.2, 0) is 12.0 Å². The van der Waals surface area contributed by atoms with Gasteiger partial charge in [0.15, 0.2) is 0 Å². The summed E-state index contributed by atoms with van der Waals surface area (Å²) >= 11 is 0. The SMILES string of the molecule is CCCn1nncc1C(NCC)C1(c2ccccc2)CC1. The van der Waals surface area contributed by atoms with Crippen molar-refractivity contribution < 1.29 is 0 Å². The van der Waals surface area contributed by atoms with Gasteiger partial charge >= 0.3 is 0 Å². The van der Waals surface area contributed by atoms with Crippen molar-refractivity contribution in [2.45, 2.75) is 51.1 Å². The Balaban J connectivity index is 1.97. The monoisotopic (exact) mass is 284 g/mol. The molecule has 1 fully saturated rings. The van der Waals surface area contributed by atoms with E-state index < -0.39 is 0 Å². The van der Waals surface area contributed by atoms with E-state index in [2.05, 4.69) is 64.5 Å². The molecule has 0 bridgehead atoms. The number of aromatic nitrogens is 3. The van der Waals surface area contributed by atoms with E-state index in [0.717, 1.165) is 19.5 Å². The van der Waals surface area contributed by atoms with E-state index in [0.29, 0.717) is 6.04 Å². The summed E-state index contributed by atoms with van der Waals surface area (Å²) in [6.45, 7) is 6.23. The predicted octanol–water partition coefficient (Wildman–Crippen LogP) is 3.07. The first-order chi connectivity index (χ1) is 10.3. The van der Waals surface area contributed by atoms with Gasteiger partial charge in [-0.25, -0.2) is 4.68 Å². The summed E-state index contributed by atoms with van der Waals surface area (Å²) in [6.07, 6.45) is 5.47. The molecule has 1 unspecified atom stereocenters. The Morgan fingerprint density at radius 3 is 2.62 bits per heavy atom. The third kappa shape index (κ3) is 2.60. The molecule has 1 heterocycles. The van der Waals surface area contributed by atoms with Crippen LogP contribution in [0.4, 0.5) is 0 Å². The lowest BCUT2D eigenvalue weighted by Gasteiger charge is -2.28. The summed E-state index contributed by atoms with van der Waals surface area (Å²) in [6, 6.07) is 11.2. The molecule has 1 aromatic heterocycles. The Labute approximate surface area is 126 Å². The van der Waals surface area contributed by atoms with Crippen LogP contribution < -0.4 is 5.32 Å². The van der Waals surface area contributed by atoms with Gasteiger partial charge in [0.05, 0.1) is 17.9 Å². The van der Waals surface area contributed by atoms with E-state index in [1.54, 1.807) is 0 Å². The first-order valence-corrected chi connectivity index (χ1v) is 7.99. The van der Waals surface area contributed by atoms with E-state index in [9.17, 15) is 0 Å². The van der Waals surface area contributed by atoms with Gasteiger partial charge in [0, 0.05) is 12.0 Å². The van der Waals surface area contributed by atoms with Crippen LogP contribution in [0.1, 0.15) is 50.4 Å². The molecule has 112 valence electrons. The molecule has 1 saturated carbocycles. The molecular formula is C17H24N4. The van der Waals surface area contributed by atoms with Crippen LogP contribution >= 0.6 is 0 Å². The molecule has 0 spiro atoms. The van der Waals surface area contributed by atoms with E-state index >= 15 is 0 Å². The fourth-order valence-corrected chi connectivity index (χ4v) is 3.31. The van der Waals surface area contributed by atoms with E-state index in [-0.39, 0.29) is 5.41 Å². The minimum atomic E-state index is 0.213. The van der Waals surface area contributed by atoms with Crippen molar-refractivity contribution in [2.75, 3.05) is 6.54 Å². The minimum Gasteiger partial charge on any atom is -0.308 e. The van der Waals surface area contributed by atoms with Gasteiger partial charge in [0.2, 0.25) is 0 Å². The molecule has 1 aliphatic carbocycles. The maximum Gasteiger partial charge on any atom is 0.0765 e. The van der Waals surface area contributed by atoms with Crippen molar-refractivity contribution >= 4 is 0 Å². The molecule has 4 nitrogen and oxygen atoms in total. The van der Waals surface area contributed by atoms with Crippen molar-refractivity contribution in [2.24, 2.45) is 0 Å². The quantitative estimate of drug-likeness (QED) is 0.849. The van der Waals surface area contributed by atoms with E-state index in [1.165, 1.54) is 24.1 Å². The molecule has 4 heteroatoms. The zero-order valence-electron chi connectivity index (χ0n) is 12.9. The average Bonchev–Trinajstić information content (AvgIpc) is 3.20. The van der Waals surface area contributed by atoms with Gasteiger partial charge in [0.25, 0.3) is 0 Å². The molecule has 0 saturated heterocycles. The molecular weight excluding hydrogens is 260 g/mol. The van der Waals surface area contributed by atoms with Crippen LogP contribution in [0.3, 0.4) is 0 Å². The van der Waals surface area contributed by atoms with Gasteiger partial charge in [-0.15, -0.1) is 5.10 Å². The minimum absolute atomic E-state index is 0.213. The van der Waals surface area contributed by atoms with Crippen LogP contribution in [0.2, 0.25) is 0 Å². The maximum absolute atomic E-state index is 4.27. The Morgan fingerprint density at radius 1 is 1.24 bits per heavy atom. The van der Waals surface area contributed by atoms with Crippen molar-refractivity contribution in [3.63, 3.8) is 0 Å². The number of hydrogen-bond donors (Lipinski definition) is 1. The molecule has 3 rings (SSSR count). The molecule has 1 aliphatic rings. The Kier molecular flexibility index (Phi) is 4.06. The fraction of sp³-hybridized carbons (Fsp3) is 0.529. The van der Waals surface area contributed by atoms with Gasteiger partial charge in [-0.3, -0.25) is 0 Å². The maximum atomic E-state index is 4.27. The highest BCUT2D eigenvalue weighted by Crippen LogP contribution is 2.56. The van der Waals surface area contributed by atoms with Gasteiger partial charge < -0.3 is 5.32 Å². The highest BCUT2D eigenvalue weighted by molar-refractivity contribution is 5.36. The summed E-state index contributed by atoms with van der Waals surface area (Å²) in [7, 11) is 0. The predicted molar refractivity (Wildman–Crippen MR) is 84.1 cm³/mol. The number of aryl methyl sites for hydroxylation is 1. The molecule has 1 aromatic carbocycles. The third-order valence-corrected chi connectivity index (χ3v) is 4.48. The number of benzene rings is 1. The van der Waals surface area contributed by atoms with Crippen molar-refractivity contribution in [1.29, 1.82) is 0 Å². The topological polar surface area (TPSA) is 42.7 Å². The van der Waals surface area contributed by atoms with Crippen molar-refractivity contribution in [1.82, 2.24) is 20.3 Å². The van der Waals surface area contributed by atoms with Gasteiger partial charge in [-0.05, 0) is 31.4 Å². The van der Waals surface area contributed by atoms with Crippen molar-refractivity contribution in [3.05, 3.63) is 47.8 Å². The second kappa shape index (κ2) is 5.98. The summed E-state index contributed by atoms with van der Waals surface area (Å²) in [5.41, 5.74) is 2.87. The summed E-state index contributed by atoms with van der Waals surface area (Å²) in [5, 5.41) is 12.1. The van der Waals surface area contributed by atoms with Gasteiger partial charge in [0.1, 0.15) is 0 Å². The van der Waals surface area contributed by atoms with Gasteiger partial charge in [-0.1, -0.05) is 49.4 Å². The normalized spacial score (nSPS) is 17.6. The third-order valence-electron chi connectivity index (χ3n) is 4.48.